The molecule has 2 aromatic rings. The van der Waals surface area contributed by atoms with Gasteiger partial charge in [0.25, 0.3) is 5.91 Å². The van der Waals surface area contributed by atoms with Crippen molar-refractivity contribution in [2.75, 3.05) is 5.32 Å². The lowest BCUT2D eigenvalue weighted by Gasteiger charge is -2.10. The minimum Gasteiger partial charge on any atom is -0.406 e. The largest absolute Gasteiger partial charge is 0.573 e. The van der Waals surface area contributed by atoms with E-state index in [1.807, 2.05) is 0 Å². The number of carbonyl (C=O) groups is 1. The Bertz CT molecular complexity index is 645. The average Bonchev–Trinajstić information content (AvgIpc) is 2.40. The van der Waals surface area contributed by atoms with Crippen LogP contribution in [0.3, 0.4) is 0 Å². The van der Waals surface area contributed by atoms with Crippen molar-refractivity contribution in [1.82, 2.24) is 4.98 Å². The van der Waals surface area contributed by atoms with Gasteiger partial charge < -0.3 is 10.1 Å². The molecule has 2 rings (SSSR count). The van der Waals surface area contributed by atoms with Crippen LogP contribution in [0.4, 0.5) is 18.9 Å². The van der Waals surface area contributed by atoms with E-state index in [2.05, 4.69) is 15.0 Å². The van der Waals surface area contributed by atoms with Gasteiger partial charge in [0.2, 0.25) is 0 Å². The molecule has 1 heterocycles. The van der Waals surface area contributed by atoms with Crippen LogP contribution in [-0.2, 0) is 0 Å². The van der Waals surface area contributed by atoms with Crippen LogP contribution in [0.2, 0.25) is 5.02 Å². The van der Waals surface area contributed by atoms with Gasteiger partial charge >= 0.3 is 6.36 Å². The van der Waals surface area contributed by atoms with E-state index in [0.29, 0.717) is 5.69 Å². The smallest absolute Gasteiger partial charge is 0.406 e. The lowest BCUT2D eigenvalue weighted by Crippen LogP contribution is -2.17. The normalized spacial score (nSPS) is 11.0. The number of anilines is 1. The second kappa shape index (κ2) is 6.01. The highest BCUT2D eigenvalue weighted by Gasteiger charge is 2.30. The number of hydrogen-bond donors (Lipinski definition) is 1. The monoisotopic (exact) mass is 316 g/mol. The Morgan fingerprint density at radius 1 is 1.19 bits per heavy atom. The van der Waals surface area contributed by atoms with Crippen molar-refractivity contribution in [3.05, 3.63) is 53.3 Å². The minimum atomic E-state index is -4.76. The summed E-state index contributed by atoms with van der Waals surface area (Å²) in [5.74, 6) is -0.891. The molecule has 0 aliphatic carbocycles. The van der Waals surface area contributed by atoms with Crippen LogP contribution in [0.15, 0.2) is 42.7 Å². The van der Waals surface area contributed by atoms with E-state index in [-0.39, 0.29) is 16.3 Å². The fraction of sp³-hybridized carbons (Fsp3) is 0.0769. The molecule has 1 aromatic carbocycles. The lowest BCUT2D eigenvalue weighted by molar-refractivity contribution is -0.274. The maximum Gasteiger partial charge on any atom is 0.573 e. The van der Waals surface area contributed by atoms with E-state index in [9.17, 15) is 18.0 Å². The van der Waals surface area contributed by atoms with Crippen molar-refractivity contribution < 1.29 is 22.7 Å². The van der Waals surface area contributed by atoms with E-state index in [4.69, 9.17) is 11.6 Å². The zero-order valence-electron chi connectivity index (χ0n) is 10.3. The van der Waals surface area contributed by atoms with Gasteiger partial charge in [-0.2, -0.15) is 0 Å². The average molecular weight is 317 g/mol. The van der Waals surface area contributed by atoms with Crippen molar-refractivity contribution in [3.63, 3.8) is 0 Å². The van der Waals surface area contributed by atoms with E-state index in [1.165, 1.54) is 30.6 Å². The molecule has 0 saturated carbocycles. The van der Waals surface area contributed by atoms with Gasteiger partial charge in [-0.05, 0) is 30.3 Å². The van der Waals surface area contributed by atoms with Crippen molar-refractivity contribution >= 4 is 23.2 Å². The SMILES string of the molecule is O=C(Nc1ccc(OC(F)(F)F)cc1)c1cnccc1Cl. The van der Waals surface area contributed by atoms with Crippen molar-refractivity contribution in [2.45, 2.75) is 6.36 Å². The van der Waals surface area contributed by atoms with Gasteiger partial charge in [-0.1, -0.05) is 11.6 Å². The van der Waals surface area contributed by atoms with Crippen LogP contribution in [0, 0.1) is 0 Å². The van der Waals surface area contributed by atoms with Crippen LogP contribution in [0.5, 0.6) is 5.75 Å². The number of pyridine rings is 1. The third kappa shape index (κ3) is 4.35. The van der Waals surface area contributed by atoms with E-state index in [1.54, 1.807) is 0 Å². The summed E-state index contributed by atoms with van der Waals surface area (Å²) >= 11 is 5.84. The number of hydrogen-bond acceptors (Lipinski definition) is 3. The topological polar surface area (TPSA) is 51.2 Å². The Labute approximate surface area is 122 Å². The minimum absolute atomic E-state index is 0.162. The Hall–Kier alpha value is -2.28. The maximum absolute atomic E-state index is 12.0. The summed E-state index contributed by atoms with van der Waals surface area (Å²) in [6.07, 6.45) is -2.03. The number of amides is 1. The standard InChI is InChI=1S/C13H8ClF3N2O2/c14-11-5-6-18-7-10(11)12(20)19-8-1-3-9(4-2-8)21-13(15,16)17/h1-7H,(H,19,20). The molecule has 0 unspecified atom stereocenters. The van der Waals surface area contributed by atoms with Crippen molar-refractivity contribution in [1.29, 1.82) is 0 Å². The Morgan fingerprint density at radius 2 is 1.86 bits per heavy atom. The summed E-state index contributed by atoms with van der Waals surface area (Å²) in [5, 5.41) is 2.71. The number of ether oxygens (including phenoxy) is 1. The Morgan fingerprint density at radius 3 is 2.43 bits per heavy atom. The molecule has 4 nitrogen and oxygen atoms in total. The number of aromatic nitrogens is 1. The summed E-state index contributed by atoms with van der Waals surface area (Å²) in [6.45, 7) is 0. The first-order chi connectivity index (χ1) is 9.85. The maximum atomic E-state index is 12.0. The van der Waals surface area contributed by atoms with Crippen LogP contribution in [-0.4, -0.2) is 17.3 Å². The quantitative estimate of drug-likeness (QED) is 0.934. The van der Waals surface area contributed by atoms with E-state index >= 15 is 0 Å². The number of carbonyl (C=O) groups excluding carboxylic acids is 1. The van der Waals surface area contributed by atoms with Crippen LogP contribution in [0.1, 0.15) is 10.4 Å². The van der Waals surface area contributed by atoms with Crippen molar-refractivity contribution in [2.24, 2.45) is 0 Å². The molecule has 1 aromatic heterocycles. The van der Waals surface area contributed by atoms with Crippen LogP contribution < -0.4 is 10.1 Å². The third-order valence-corrected chi connectivity index (χ3v) is 2.69. The molecule has 0 aliphatic rings. The van der Waals surface area contributed by atoms with Crippen LogP contribution >= 0.6 is 11.6 Å². The van der Waals surface area contributed by atoms with Gasteiger partial charge in [-0.15, -0.1) is 13.2 Å². The molecule has 1 N–H and O–H groups in total. The Balaban J connectivity index is 2.07. The van der Waals surface area contributed by atoms with Gasteiger partial charge in [0.05, 0.1) is 10.6 Å². The molecule has 110 valence electrons. The number of rotatable bonds is 3. The van der Waals surface area contributed by atoms with Crippen LogP contribution in [0.25, 0.3) is 0 Å². The molecule has 1 amide bonds. The van der Waals surface area contributed by atoms with Crippen molar-refractivity contribution in [3.8, 4) is 5.75 Å². The number of halogens is 4. The predicted molar refractivity (Wildman–Crippen MR) is 70.3 cm³/mol. The summed E-state index contributed by atoms with van der Waals surface area (Å²) in [4.78, 5) is 15.7. The molecule has 8 heteroatoms. The fourth-order valence-electron chi connectivity index (χ4n) is 1.48. The number of nitrogens with one attached hydrogen (secondary N) is 1. The molecule has 0 radical (unpaired) electrons. The molecule has 0 aliphatic heterocycles. The zero-order valence-corrected chi connectivity index (χ0v) is 11.1. The Kier molecular flexibility index (Phi) is 4.32. The molecule has 0 bridgehead atoms. The van der Waals surface area contributed by atoms with E-state index in [0.717, 1.165) is 12.1 Å². The second-order valence-electron chi connectivity index (χ2n) is 3.88. The summed E-state index contributed by atoms with van der Waals surface area (Å²) in [5.41, 5.74) is 0.462. The molecular formula is C13H8ClF3N2O2. The third-order valence-electron chi connectivity index (χ3n) is 2.36. The highest BCUT2D eigenvalue weighted by molar-refractivity contribution is 6.34. The first-order valence-corrected chi connectivity index (χ1v) is 5.99. The summed E-state index contributed by atoms with van der Waals surface area (Å²) in [7, 11) is 0. The van der Waals surface area contributed by atoms with Gasteiger partial charge in [0.1, 0.15) is 5.75 Å². The molecule has 21 heavy (non-hydrogen) atoms. The molecule has 0 fully saturated rings. The second-order valence-corrected chi connectivity index (χ2v) is 4.29. The van der Waals surface area contributed by atoms with Gasteiger partial charge in [0.15, 0.2) is 0 Å². The number of alkyl halides is 3. The highest BCUT2D eigenvalue weighted by atomic mass is 35.5. The molecule has 0 spiro atoms. The van der Waals surface area contributed by atoms with E-state index < -0.39 is 12.3 Å². The predicted octanol–water partition coefficient (Wildman–Crippen LogP) is 3.89. The lowest BCUT2D eigenvalue weighted by atomic mass is 10.2. The molecule has 0 atom stereocenters. The highest BCUT2D eigenvalue weighted by Crippen LogP contribution is 2.24. The summed E-state index contributed by atoms with van der Waals surface area (Å²) in [6, 6.07) is 6.20. The molecule has 0 saturated heterocycles. The number of benzene rings is 1. The first-order valence-electron chi connectivity index (χ1n) is 5.62. The van der Waals surface area contributed by atoms with Gasteiger partial charge in [0, 0.05) is 18.1 Å². The van der Waals surface area contributed by atoms with Gasteiger partial charge in [-0.3, -0.25) is 9.78 Å². The number of nitrogens with zero attached hydrogens (tertiary/aromatic N) is 1. The fourth-order valence-corrected chi connectivity index (χ4v) is 1.67. The summed E-state index contributed by atoms with van der Waals surface area (Å²) < 4.78 is 39.7. The molecular weight excluding hydrogens is 309 g/mol. The zero-order chi connectivity index (χ0) is 15.5. The first kappa shape index (κ1) is 15.1. The van der Waals surface area contributed by atoms with Gasteiger partial charge in [-0.25, -0.2) is 0 Å².